The molecule has 0 radical (unpaired) electrons. The quantitative estimate of drug-likeness (QED) is 0.363. The lowest BCUT2D eigenvalue weighted by atomic mass is 9.81. The number of hydrogen-bond donors (Lipinski definition) is 1. The van der Waals surface area contributed by atoms with Crippen LogP contribution in [0.1, 0.15) is 120 Å². The van der Waals surface area contributed by atoms with E-state index in [1.165, 1.54) is 112 Å². The van der Waals surface area contributed by atoms with E-state index in [1.54, 1.807) is 5.56 Å². The molecule has 1 aliphatic rings. The maximum atomic E-state index is 3.96. The van der Waals surface area contributed by atoms with Crippen molar-refractivity contribution in [1.29, 1.82) is 0 Å². The first kappa shape index (κ1) is 22.3. The zero-order valence-electron chi connectivity index (χ0n) is 19.0. The molecule has 1 aromatic rings. The molecule has 0 aromatic heterocycles. The molecule has 1 aromatic carbocycles. The molecule has 27 heavy (non-hydrogen) atoms. The van der Waals surface area contributed by atoms with Crippen molar-refractivity contribution in [3.8, 4) is 0 Å². The van der Waals surface area contributed by atoms with Crippen LogP contribution in [0.25, 0.3) is 0 Å². The second-order valence-corrected chi connectivity index (χ2v) is 9.46. The Bertz CT molecular complexity index is 574. The first-order valence-corrected chi connectivity index (χ1v) is 11.8. The van der Waals surface area contributed by atoms with E-state index >= 15 is 0 Å². The highest BCUT2D eigenvalue weighted by Gasteiger charge is 2.30. The second-order valence-electron chi connectivity index (χ2n) is 9.46. The summed E-state index contributed by atoms with van der Waals surface area (Å²) in [7, 11) is 0. The second kappa shape index (κ2) is 11.1. The molecule has 1 unspecified atom stereocenters. The van der Waals surface area contributed by atoms with Crippen molar-refractivity contribution in [2.24, 2.45) is 0 Å². The van der Waals surface area contributed by atoms with E-state index in [-0.39, 0.29) is 5.54 Å². The molecular weight excluding hydrogens is 326 g/mol. The number of aryl methyl sites for hydroxylation is 2. The maximum absolute atomic E-state index is 3.96. The minimum Gasteiger partial charge on any atom is -0.379 e. The van der Waals surface area contributed by atoms with Gasteiger partial charge >= 0.3 is 0 Å². The molecule has 2 rings (SSSR count). The van der Waals surface area contributed by atoms with Gasteiger partial charge in [0.1, 0.15) is 0 Å². The lowest BCUT2D eigenvalue weighted by molar-refractivity contribution is 0.401. The van der Waals surface area contributed by atoms with Crippen molar-refractivity contribution >= 4 is 5.69 Å². The number of benzene rings is 1. The van der Waals surface area contributed by atoms with Crippen LogP contribution in [-0.2, 0) is 6.42 Å². The van der Waals surface area contributed by atoms with E-state index in [1.807, 2.05) is 0 Å². The summed E-state index contributed by atoms with van der Waals surface area (Å²) < 4.78 is 0. The van der Waals surface area contributed by atoms with Crippen LogP contribution in [-0.4, -0.2) is 5.54 Å². The molecule has 0 aliphatic carbocycles. The molecule has 1 heteroatoms. The Hall–Kier alpha value is -0.980. The van der Waals surface area contributed by atoms with Gasteiger partial charge in [-0.2, -0.15) is 0 Å². The molecule has 0 amide bonds. The van der Waals surface area contributed by atoms with E-state index in [9.17, 15) is 0 Å². The smallest absolute Gasteiger partial charge is 0.0411 e. The first-order chi connectivity index (χ1) is 13.0. The summed E-state index contributed by atoms with van der Waals surface area (Å²) in [5.74, 6) is 0. The Morgan fingerprint density at radius 2 is 1.37 bits per heavy atom. The van der Waals surface area contributed by atoms with Gasteiger partial charge in [0, 0.05) is 11.2 Å². The predicted octanol–water partition coefficient (Wildman–Crippen LogP) is 8.43. The van der Waals surface area contributed by atoms with Crippen molar-refractivity contribution in [3.63, 3.8) is 0 Å². The van der Waals surface area contributed by atoms with Crippen molar-refractivity contribution in [1.82, 2.24) is 0 Å². The molecule has 1 aliphatic heterocycles. The fourth-order valence-corrected chi connectivity index (χ4v) is 4.76. The normalized spacial score (nSPS) is 19.0. The average Bonchev–Trinajstić information content (AvgIpc) is 2.64. The fraction of sp³-hybridized carbons (Fsp3) is 0.769. The van der Waals surface area contributed by atoms with Crippen LogP contribution in [0.5, 0.6) is 0 Å². The van der Waals surface area contributed by atoms with Crippen LogP contribution >= 0.6 is 0 Å². The molecule has 0 bridgehead atoms. The average molecular weight is 372 g/mol. The Balaban J connectivity index is 1.64. The minimum atomic E-state index is 0.289. The molecule has 1 nitrogen and oxygen atoms in total. The zero-order chi connectivity index (χ0) is 19.7. The first-order valence-electron chi connectivity index (χ1n) is 11.8. The van der Waals surface area contributed by atoms with Gasteiger partial charge in [-0.05, 0) is 69.2 Å². The molecular formula is C26H45N. The molecule has 154 valence electrons. The highest BCUT2D eigenvalue weighted by Crippen LogP contribution is 2.38. The Kier molecular flexibility index (Phi) is 9.19. The van der Waals surface area contributed by atoms with Crippen LogP contribution in [0, 0.1) is 20.8 Å². The highest BCUT2D eigenvalue weighted by molar-refractivity contribution is 5.65. The lowest BCUT2D eigenvalue weighted by Gasteiger charge is -2.39. The van der Waals surface area contributed by atoms with E-state index in [0.29, 0.717) is 0 Å². The van der Waals surface area contributed by atoms with Crippen molar-refractivity contribution in [2.75, 3.05) is 5.32 Å². The standard InChI is InChI=1S/C26H45N/c1-6-7-8-9-10-11-12-13-14-15-16-18-26(5)19-17-24-22(3)20-21(2)23(4)25(24)27-26/h20,27H,6-19H2,1-5H3. The van der Waals surface area contributed by atoms with Gasteiger partial charge in [0.15, 0.2) is 0 Å². The van der Waals surface area contributed by atoms with E-state index in [0.717, 1.165) is 0 Å². The van der Waals surface area contributed by atoms with Crippen molar-refractivity contribution < 1.29 is 0 Å². The summed E-state index contributed by atoms with van der Waals surface area (Å²) in [6, 6.07) is 2.36. The van der Waals surface area contributed by atoms with Gasteiger partial charge in [-0.3, -0.25) is 0 Å². The largest absolute Gasteiger partial charge is 0.379 e. The summed E-state index contributed by atoms with van der Waals surface area (Å²) in [4.78, 5) is 0. The highest BCUT2D eigenvalue weighted by atomic mass is 15.0. The summed E-state index contributed by atoms with van der Waals surface area (Å²) in [6.07, 6.45) is 19.5. The van der Waals surface area contributed by atoms with Gasteiger partial charge in [0.05, 0.1) is 0 Å². The SMILES string of the molecule is CCCCCCCCCCCCCC1(C)CCc2c(C)cc(C)c(C)c2N1. The van der Waals surface area contributed by atoms with E-state index in [4.69, 9.17) is 0 Å². The predicted molar refractivity (Wildman–Crippen MR) is 122 cm³/mol. The minimum absolute atomic E-state index is 0.289. The van der Waals surface area contributed by atoms with Gasteiger partial charge in [0.2, 0.25) is 0 Å². The Morgan fingerprint density at radius 1 is 0.815 bits per heavy atom. The van der Waals surface area contributed by atoms with Crippen LogP contribution in [0.2, 0.25) is 0 Å². The van der Waals surface area contributed by atoms with Crippen LogP contribution in [0.4, 0.5) is 5.69 Å². The topological polar surface area (TPSA) is 12.0 Å². The van der Waals surface area contributed by atoms with Crippen LogP contribution in [0.15, 0.2) is 6.07 Å². The summed E-state index contributed by atoms with van der Waals surface area (Å²) in [5.41, 5.74) is 7.66. The van der Waals surface area contributed by atoms with Crippen LogP contribution < -0.4 is 5.32 Å². The molecule has 0 saturated carbocycles. The van der Waals surface area contributed by atoms with E-state index in [2.05, 4.69) is 46.0 Å². The Morgan fingerprint density at radius 3 is 1.96 bits per heavy atom. The molecule has 1 atom stereocenters. The number of unbranched alkanes of at least 4 members (excludes halogenated alkanes) is 10. The van der Waals surface area contributed by atoms with Gasteiger partial charge in [-0.1, -0.05) is 83.6 Å². The third kappa shape index (κ3) is 6.84. The van der Waals surface area contributed by atoms with Crippen molar-refractivity contribution in [3.05, 3.63) is 28.3 Å². The summed E-state index contributed by atoms with van der Waals surface area (Å²) in [6.45, 7) is 11.6. The lowest BCUT2D eigenvalue weighted by Crippen LogP contribution is -2.39. The Labute approximate surface area is 169 Å². The number of anilines is 1. The number of rotatable bonds is 12. The van der Waals surface area contributed by atoms with Crippen LogP contribution in [0.3, 0.4) is 0 Å². The maximum Gasteiger partial charge on any atom is 0.0411 e. The van der Waals surface area contributed by atoms with Gasteiger partial charge in [-0.15, -0.1) is 0 Å². The third-order valence-corrected chi connectivity index (χ3v) is 6.86. The fourth-order valence-electron chi connectivity index (χ4n) is 4.76. The van der Waals surface area contributed by atoms with Gasteiger partial charge < -0.3 is 5.32 Å². The third-order valence-electron chi connectivity index (χ3n) is 6.86. The van der Waals surface area contributed by atoms with E-state index < -0.39 is 0 Å². The molecule has 0 saturated heterocycles. The zero-order valence-corrected chi connectivity index (χ0v) is 19.0. The number of nitrogens with one attached hydrogen (secondary N) is 1. The molecule has 0 spiro atoms. The van der Waals surface area contributed by atoms with Gasteiger partial charge in [-0.25, -0.2) is 0 Å². The van der Waals surface area contributed by atoms with Gasteiger partial charge in [0.25, 0.3) is 0 Å². The summed E-state index contributed by atoms with van der Waals surface area (Å²) >= 11 is 0. The van der Waals surface area contributed by atoms with Crippen molar-refractivity contribution in [2.45, 2.75) is 130 Å². The molecule has 1 N–H and O–H groups in total. The monoisotopic (exact) mass is 371 g/mol. The molecule has 0 fully saturated rings. The number of fused-ring (bicyclic) bond motifs is 1. The summed E-state index contributed by atoms with van der Waals surface area (Å²) in [5, 5.41) is 3.96. The number of hydrogen-bond acceptors (Lipinski definition) is 1. The molecule has 1 heterocycles.